The summed E-state index contributed by atoms with van der Waals surface area (Å²) in [5, 5.41) is 0. The molecule has 0 aliphatic heterocycles. The summed E-state index contributed by atoms with van der Waals surface area (Å²) < 4.78 is 31.1. The molecule has 0 amide bonds. The number of nitrogens with zero attached hydrogens (tertiary/aromatic N) is 2. The zero-order valence-electron chi connectivity index (χ0n) is 27.0. The number of quaternary nitrogens is 2. The SMILES string of the molecule is CC[N+](CCOC)(CCOC)CC(C)C[Si](C)(C)O[Si](C)(C)CC(C)C[N+](CC)(CCOC)CCOC. The maximum absolute atomic E-state index is 7.15. The molecule has 0 N–H and O–H groups in total. The molecular formula is C28H66N2O5Si2+2. The highest BCUT2D eigenvalue weighted by Crippen LogP contribution is 2.29. The second kappa shape index (κ2) is 18.5. The van der Waals surface area contributed by atoms with E-state index in [0.29, 0.717) is 11.8 Å². The first-order valence-corrected chi connectivity index (χ1v) is 20.9. The molecule has 0 aromatic carbocycles. The van der Waals surface area contributed by atoms with Crippen molar-refractivity contribution < 1.29 is 32.0 Å². The van der Waals surface area contributed by atoms with Gasteiger partial charge in [0.05, 0.1) is 52.6 Å². The molecule has 0 aliphatic carbocycles. The molecule has 0 rings (SSSR count). The van der Waals surface area contributed by atoms with Crippen LogP contribution in [-0.4, -0.2) is 133 Å². The van der Waals surface area contributed by atoms with Crippen molar-refractivity contribution >= 4 is 16.6 Å². The molecule has 0 fully saturated rings. The van der Waals surface area contributed by atoms with Gasteiger partial charge in [-0.05, 0) is 52.1 Å². The number of ether oxygens (including phenoxy) is 4. The van der Waals surface area contributed by atoms with E-state index in [1.807, 2.05) is 0 Å². The smallest absolute Gasteiger partial charge is 0.173 e. The largest absolute Gasteiger partial charge is 0.455 e. The van der Waals surface area contributed by atoms with Crippen LogP contribution in [0.3, 0.4) is 0 Å². The van der Waals surface area contributed by atoms with E-state index in [1.54, 1.807) is 28.4 Å². The number of rotatable bonds is 24. The maximum Gasteiger partial charge on any atom is 0.173 e. The van der Waals surface area contributed by atoms with E-state index < -0.39 is 16.6 Å². The Morgan fingerprint density at radius 2 is 0.811 bits per heavy atom. The summed E-state index contributed by atoms with van der Waals surface area (Å²) >= 11 is 0. The van der Waals surface area contributed by atoms with Crippen molar-refractivity contribution in [2.45, 2.75) is 66.0 Å². The summed E-state index contributed by atoms with van der Waals surface area (Å²) in [4.78, 5) is 0. The van der Waals surface area contributed by atoms with Crippen LogP contribution >= 0.6 is 0 Å². The Balaban J connectivity index is 5.24. The van der Waals surface area contributed by atoms with Crippen LogP contribution in [0.25, 0.3) is 0 Å². The van der Waals surface area contributed by atoms with Crippen molar-refractivity contribution in [3.05, 3.63) is 0 Å². The number of hydrogen-bond donors (Lipinski definition) is 0. The highest BCUT2D eigenvalue weighted by Gasteiger charge is 2.39. The molecule has 0 saturated heterocycles. The first kappa shape index (κ1) is 37.2. The van der Waals surface area contributed by atoms with Crippen molar-refractivity contribution in [1.29, 1.82) is 0 Å². The number of methoxy groups -OCH3 is 4. The lowest BCUT2D eigenvalue weighted by molar-refractivity contribution is -0.929. The van der Waals surface area contributed by atoms with Gasteiger partial charge in [0.1, 0.15) is 26.2 Å². The van der Waals surface area contributed by atoms with Gasteiger partial charge in [0.2, 0.25) is 0 Å². The lowest BCUT2D eigenvalue weighted by Gasteiger charge is -2.43. The van der Waals surface area contributed by atoms with E-state index in [2.05, 4.69) is 53.9 Å². The molecule has 0 aromatic heterocycles. The topological polar surface area (TPSA) is 46.2 Å². The minimum atomic E-state index is -1.81. The molecule has 0 heterocycles. The zero-order chi connectivity index (χ0) is 28.6. The summed E-state index contributed by atoms with van der Waals surface area (Å²) in [6.07, 6.45) is 0. The van der Waals surface area contributed by atoms with Crippen LogP contribution < -0.4 is 0 Å². The fourth-order valence-corrected chi connectivity index (χ4v) is 16.8. The van der Waals surface area contributed by atoms with Gasteiger partial charge in [-0.15, -0.1) is 0 Å². The van der Waals surface area contributed by atoms with Crippen LogP contribution in [0.1, 0.15) is 27.7 Å². The molecule has 224 valence electrons. The summed E-state index contributed by atoms with van der Waals surface area (Å²) in [7, 11) is 3.61. The van der Waals surface area contributed by atoms with Crippen LogP contribution in [0.5, 0.6) is 0 Å². The Bertz CT molecular complexity index is 517. The lowest BCUT2D eigenvalue weighted by atomic mass is 10.1. The van der Waals surface area contributed by atoms with Crippen molar-refractivity contribution in [2.75, 3.05) is 107 Å². The third kappa shape index (κ3) is 15.5. The molecular weight excluding hydrogens is 500 g/mol. The van der Waals surface area contributed by atoms with Gasteiger partial charge < -0.3 is 32.0 Å². The van der Waals surface area contributed by atoms with E-state index in [0.717, 1.165) is 87.8 Å². The predicted octanol–water partition coefficient (Wildman–Crippen LogP) is 4.94. The Labute approximate surface area is 233 Å². The van der Waals surface area contributed by atoms with E-state index in [1.165, 1.54) is 12.1 Å². The van der Waals surface area contributed by atoms with Crippen molar-refractivity contribution in [3.63, 3.8) is 0 Å². The normalized spacial score (nSPS) is 15.2. The summed E-state index contributed by atoms with van der Waals surface area (Å²) in [5.74, 6) is 1.23. The molecule has 0 radical (unpaired) electrons. The molecule has 0 aliphatic rings. The van der Waals surface area contributed by atoms with Crippen molar-refractivity contribution in [2.24, 2.45) is 11.8 Å². The summed E-state index contributed by atoms with van der Waals surface area (Å²) in [6.45, 7) is 31.2. The van der Waals surface area contributed by atoms with Crippen LogP contribution in [0.4, 0.5) is 0 Å². The highest BCUT2D eigenvalue weighted by molar-refractivity contribution is 6.84. The maximum atomic E-state index is 7.15. The third-order valence-electron chi connectivity index (χ3n) is 8.05. The van der Waals surface area contributed by atoms with Gasteiger partial charge in [0.15, 0.2) is 16.6 Å². The molecule has 7 nitrogen and oxygen atoms in total. The second-order valence-electron chi connectivity index (χ2n) is 12.8. The standard InChI is InChI=1S/C28H66N2O5Si2/c1-13-29(15-19-31-5,16-20-32-6)23-27(3)25-36(9,10)35-37(11,12)26-28(4)24-30(14-2,17-21-33-7)18-22-34-8/h27-28H,13-26H2,1-12H3/q+2. The lowest BCUT2D eigenvalue weighted by Crippen LogP contribution is -2.56. The first-order valence-electron chi connectivity index (χ1n) is 14.6. The second-order valence-corrected chi connectivity index (χ2v) is 21.5. The van der Waals surface area contributed by atoms with E-state index >= 15 is 0 Å². The fraction of sp³-hybridized carbons (Fsp3) is 1.00. The molecule has 0 bridgehead atoms. The monoisotopic (exact) mass is 566 g/mol. The minimum absolute atomic E-state index is 0.616. The fourth-order valence-electron chi connectivity index (χ4n) is 6.58. The summed E-state index contributed by atoms with van der Waals surface area (Å²) in [5.41, 5.74) is 0. The van der Waals surface area contributed by atoms with Crippen LogP contribution in [0.15, 0.2) is 0 Å². The Morgan fingerprint density at radius 3 is 1.03 bits per heavy atom. The average molecular weight is 567 g/mol. The van der Waals surface area contributed by atoms with Crippen LogP contribution in [-0.2, 0) is 23.1 Å². The molecule has 9 heteroatoms. The van der Waals surface area contributed by atoms with Gasteiger partial charge in [0, 0.05) is 40.3 Å². The van der Waals surface area contributed by atoms with E-state index in [-0.39, 0.29) is 0 Å². The average Bonchev–Trinajstić information content (AvgIpc) is 2.81. The highest BCUT2D eigenvalue weighted by atomic mass is 28.4. The van der Waals surface area contributed by atoms with E-state index in [4.69, 9.17) is 23.1 Å². The van der Waals surface area contributed by atoms with Crippen molar-refractivity contribution in [3.8, 4) is 0 Å². The molecule has 2 atom stereocenters. The first-order chi connectivity index (χ1) is 17.3. The number of likely N-dealkylation sites (N-methyl/N-ethyl adjacent to an activating group) is 2. The van der Waals surface area contributed by atoms with Gasteiger partial charge in [-0.25, -0.2) is 0 Å². The molecule has 0 spiro atoms. The molecule has 0 saturated carbocycles. The Hall–Kier alpha value is 0.154. The van der Waals surface area contributed by atoms with Gasteiger partial charge in [-0.3, -0.25) is 0 Å². The predicted molar refractivity (Wildman–Crippen MR) is 162 cm³/mol. The Kier molecular flexibility index (Phi) is 18.6. The third-order valence-corrected chi connectivity index (χ3v) is 15.8. The van der Waals surface area contributed by atoms with Gasteiger partial charge in [-0.1, -0.05) is 13.8 Å². The quantitative estimate of drug-likeness (QED) is 0.122. The minimum Gasteiger partial charge on any atom is -0.455 e. The van der Waals surface area contributed by atoms with Gasteiger partial charge in [0.25, 0.3) is 0 Å². The molecule has 0 aromatic rings. The van der Waals surface area contributed by atoms with Gasteiger partial charge >= 0.3 is 0 Å². The van der Waals surface area contributed by atoms with Gasteiger partial charge in [-0.2, -0.15) is 0 Å². The zero-order valence-corrected chi connectivity index (χ0v) is 29.0. The Morgan fingerprint density at radius 1 is 0.541 bits per heavy atom. The van der Waals surface area contributed by atoms with Crippen LogP contribution in [0, 0.1) is 11.8 Å². The van der Waals surface area contributed by atoms with E-state index in [9.17, 15) is 0 Å². The summed E-state index contributed by atoms with van der Waals surface area (Å²) in [6, 6.07) is 2.41. The molecule has 2 unspecified atom stereocenters. The van der Waals surface area contributed by atoms with Crippen LogP contribution in [0.2, 0.25) is 38.3 Å². The van der Waals surface area contributed by atoms with Crippen molar-refractivity contribution in [1.82, 2.24) is 0 Å². The molecule has 37 heavy (non-hydrogen) atoms. The number of hydrogen-bond acceptors (Lipinski definition) is 5.